The topological polar surface area (TPSA) is 38.5 Å². The fourth-order valence-electron chi connectivity index (χ4n) is 2.33. The molecule has 1 aromatic rings. The molecule has 0 amide bonds. The number of hydrogen-bond donors (Lipinski definition) is 1. The van der Waals surface area contributed by atoms with Crippen LogP contribution in [0.3, 0.4) is 0 Å². The number of hydrogen-bond acceptors (Lipinski definition) is 3. The van der Waals surface area contributed by atoms with Gasteiger partial charge in [0.1, 0.15) is 5.75 Å². The molecule has 0 saturated carbocycles. The molecular weight excluding hydrogens is 248 g/mol. The van der Waals surface area contributed by atoms with Crippen molar-refractivity contribution >= 4 is 0 Å². The summed E-state index contributed by atoms with van der Waals surface area (Å²) in [6.07, 6.45) is 2.32. The average Bonchev–Trinajstić information content (AvgIpc) is 2.45. The van der Waals surface area contributed by atoms with Crippen LogP contribution in [0.2, 0.25) is 0 Å². The number of rotatable bonds is 8. The predicted octanol–water partition coefficient (Wildman–Crippen LogP) is 3.28. The van der Waals surface area contributed by atoms with Gasteiger partial charge in [0.05, 0.1) is 7.11 Å². The van der Waals surface area contributed by atoms with Gasteiger partial charge in [-0.15, -0.1) is 0 Å². The van der Waals surface area contributed by atoms with Crippen LogP contribution in [0, 0.1) is 5.92 Å². The van der Waals surface area contributed by atoms with E-state index in [0.717, 1.165) is 18.7 Å². The Labute approximate surface area is 124 Å². The lowest BCUT2D eigenvalue weighted by Gasteiger charge is -2.39. The normalized spacial score (nSPS) is 14.6. The van der Waals surface area contributed by atoms with Crippen LogP contribution in [0.1, 0.15) is 39.2 Å². The first-order valence-electron chi connectivity index (χ1n) is 7.46. The smallest absolute Gasteiger partial charge is 0.123 e. The van der Waals surface area contributed by atoms with E-state index in [9.17, 15) is 0 Å². The second-order valence-corrected chi connectivity index (χ2v) is 6.30. The number of nitrogens with zero attached hydrogens (tertiary/aromatic N) is 1. The van der Waals surface area contributed by atoms with Crippen LogP contribution in [0.5, 0.6) is 5.75 Å². The highest BCUT2D eigenvalue weighted by Gasteiger charge is 2.28. The Balaban J connectivity index is 2.78. The Bertz CT molecular complexity index is 406. The SMILES string of the molecule is COc1ccccc1CN(C)C(C)(CN)CCC(C)C. The zero-order chi connectivity index (χ0) is 15.2. The minimum Gasteiger partial charge on any atom is -0.496 e. The Morgan fingerprint density at radius 2 is 1.95 bits per heavy atom. The molecule has 0 spiro atoms. The monoisotopic (exact) mass is 278 g/mol. The first kappa shape index (κ1) is 17.0. The molecule has 0 heterocycles. The van der Waals surface area contributed by atoms with Crippen molar-refractivity contribution in [2.75, 3.05) is 20.7 Å². The van der Waals surface area contributed by atoms with Crippen molar-refractivity contribution in [3.8, 4) is 5.75 Å². The molecule has 0 bridgehead atoms. The van der Waals surface area contributed by atoms with E-state index in [1.807, 2.05) is 12.1 Å². The van der Waals surface area contributed by atoms with Crippen molar-refractivity contribution in [2.45, 2.75) is 45.7 Å². The molecule has 1 atom stereocenters. The van der Waals surface area contributed by atoms with Gasteiger partial charge in [0.2, 0.25) is 0 Å². The zero-order valence-corrected chi connectivity index (χ0v) is 13.6. The van der Waals surface area contributed by atoms with Gasteiger partial charge in [-0.1, -0.05) is 32.0 Å². The fourth-order valence-corrected chi connectivity index (χ4v) is 2.33. The molecule has 1 aromatic carbocycles. The van der Waals surface area contributed by atoms with Crippen LogP contribution >= 0.6 is 0 Å². The second-order valence-electron chi connectivity index (χ2n) is 6.30. The summed E-state index contributed by atoms with van der Waals surface area (Å²) in [4.78, 5) is 2.35. The van der Waals surface area contributed by atoms with E-state index >= 15 is 0 Å². The number of likely N-dealkylation sites (N-methyl/N-ethyl adjacent to an activating group) is 1. The molecule has 0 aliphatic carbocycles. The van der Waals surface area contributed by atoms with Crippen LogP contribution in [0.25, 0.3) is 0 Å². The van der Waals surface area contributed by atoms with Gasteiger partial charge in [-0.25, -0.2) is 0 Å². The average molecular weight is 278 g/mol. The van der Waals surface area contributed by atoms with Gasteiger partial charge < -0.3 is 10.5 Å². The highest BCUT2D eigenvalue weighted by Crippen LogP contribution is 2.26. The van der Waals surface area contributed by atoms with E-state index < -0.39 is 0 Å². The molecule has 0 aromatic heterocycles. The number of nitrogens with two attached hydrogens (primary N) is 1. The van der Waals surface area contributed by atoms with Gasteiger partial charge in [0.15, 0.2) is 0 Å². The third-order valence-corrected chi connectivity index (χ3v) is 4.22. The number of para-hydroxylation sites is 1. The molecule has 2 N–H and O–H groups in total. The Kier molecular flexibility index (Phi) is 6.50. The number of methoxy groups -OCH3 is 1. The van der Waals surface area contributed by atoms with Gasteiger partial charge in [-0.2, -0.15) is 0 Å². The molecular formula is C17H30N2O. The zero-order valence-electron chi connectivity index (χ0n) is 13.6. The molecule has 20 heavy (non-hydrogen) atoms. The van der Waals surface area contributed by atoms with Crippen LogP contribution in [0.4, 0.5) is 0 Å². The van der Waals surface area contributed by atoms with E-state index in [1.165, 1.54) is 12.0 Å². The van der Waals surface area contributed by atoms with Crippen LogP contribution < -0.4 is 10.5 Å². The molecule has 0 radical (unpaired) electrons. The molecule has 3 nitrogen and oxygen atoms in total. The molecule has 1 unspecified atom stereocenters. The van der Waals surface area contributed by atoms with Crippen molar-refractivity contribution in [2.24, 2.45) is 11.7 Å². The fraction of sp³-hybridized carbons (Fsp3) is 0.647. The van der Waals surface area contributed by atoms with Crippen LogP contribution in [-0.2, 0) is 6.54 Å². The highest BCUT2D eigenvalue weighted by molar-refractivity contribution is 5.33. The quantitative estimate of drug-likeness (QED) is 0.793. The van der Waals surface area contributed by atoms with Crippen molar-refractivity contribution in [1.82, 2.24) is 4.90 Å². The third kappa shape index (κ3) is 4.50. The van der Waals surface area contributed by atoms with E-state index in [4.69, 9.17) is 10.5 Å². The molecule has 3 heteroatoms. The molecule has 0 fully saturated rings. The molecule has 0 saturated heterocycles. The second kappa shape index (κ2) is 7.65. The van der Waals surface area contributed by atoms with Crippen LogP contribution in [0.15, 0.2) is 24.3 Å². The molecule has 114 valence electrons. The maximum Gasteiger partial charge on any atom is 0.123 e. The van der Waals surface area contributed by atoms with Gasteiger partial charge in [-0.3, -0.25) is 4.90 Å². The lowest BCUT2D eigenvalue weighted by Crippen LogP contribution is -2.49. The summed E-state index contributed by atoms with van der Waals surface area (Å²) < 4.78 is 5.43. The maximum absolute atomic E-state index is 6.05. The summed E-state index contributed by atoms with van der Waals surface area (Å²) >= 11 is 0. The van der Waals surface area contributed by atoms with Gasteiger partial charge in [-0.05, 0) is 38.8 Å². The number of benzene rings is 1. The van der Waals surface area contributed by atoms with E-state index in [2.05, 4.69) is 44.9 Å². The third-order valence-electron chi connectivity index (χ3n) is 4.22. The summed E-state index contributed by atoms with van der Waals surface area (Å²) in [6, 6.07) is 8.19. The molecule has 0 aliphatic rings. The lowest BCUT2D eigenvalue weighted by molar-refractivity contribution is 0.118. The maximum atomic E-state index is 6.05. The lowest BCUT2D eigenvalue weighted by atomic mass is 9.90. The van der Waals surface area contributed by atoms with Crippen LogP contribution in [-0.4, -0.2) is 31.1 Å². The minimum absolute atomic E-state index is 0.0329. The predicted molar refractivity (Wildman–Crippen MR) is 86.0 cm³/mol. The summed E-state index contributed by atoms with van der Waals surface area (Å²) in [5.41, 5.74) is 7.29. The Morgan fingerprint density at radius 3 is 2.50 bits per heavy atom. The Morgan fingerprint density at radius 1 is 1.30 bits per heavy atom. The minimum atomic E-state index is 0.0329. The number of ether oxygens (including phenoxy) is 1. The summed E-state index contributed by atoms with van der Waals surface area (Å²) in [7, 11) is 3.87. The van der Waals surface area contributed by atoms with Crippen molar-refractivity contribution < 1.29 is 4.74 Å². The van der Waals surface area contributed by atoms with E-state index in [1.54, 1.807) is 7.11 Å². The van der Waals surface area contributed by atoms with E-state index in [0.29, 0.717) is 12.5 Å². The largest absolute Gasteiger partial charge is 0.496 e. The standard InChI is InChI=1S/C17H30N2O/c1-14(2)10-11-17(3,13-18)19(4)12-15-8-6-7-9-16(15)20-5/h6-9,14H,10-13,18H2,1-5H3. The molecule has 1 rings (SSSR count). The first-order chi connectivity index (χ1) is 9.42. The van der Waals surface area contributed by atoms with Crippen molar-refractivity contribution in [3.05, 3.63) is 29.8 Å². The summed E-state index contributed by atoms with van der Waals surface area (Å²) in [5, 5.41) is 0. The van der Waals surface area contributed by atoms with Gasteiger partial charge in [0.25, 0.3) is 0 Å². The Hall–Kier alpha value is -1.06. The van der Waals surface area contributed by atoms with E-state index in [-0.39, 0.29) is 5.54 Å². The summed E-state index contributed by atoms with van der Waals surface area (Å²) in [6.45, 7) is 8.31. The first-order valence-corrected chi connectivity index (χ1v) is 7.46. The van der Waals surface area contributed by atoms with Crippen molar-refractivity contribution in [3.63, 3.8) is 0 Å². The molecule has 0 aliphatic heterocycles. The van der Waals surface area contributed by atoms with Gasteiger partial charge >= 0.3 is 0 Å². The van der Waals surface area contributed by atoms with Gasteiger partial charge in [0, 0.05) is 24.2 Å². The summed E-state index contributed by atoms with van der Waals surface area (Å²) in [5.74, 6) is 1.66. The van der Waals surface area contributed by atoms with Crippen molar-refractivity contribution in [1.29, 1.82) is 0 Å². The highest BCUT2D eigenvalue weighted by atomic mass is 16.5.